The molecule has 0 unspecified atom stereocenters. The Hall–Kier alpha value is -2.30. The van der Waals surface area contributed by atoms with Gasteiger partial charge < -0.3 is 15.6 Å². The summed E-state index contributed by atoms with van der Waals surface area (Å²) in [7, 11) is 0. The highest BCUT2D eigenvalue weighted by Crippen LogP contribution is 2.24. The second-order valence-electron chi connectivity index (χ2n) is 5.62. The lowest BCUT2D eigenvalue weighted by Gasteiger charge is -2.09. The number of fused-ring (bicyclic) bond motifs is 1. The first-order chi connectivity index (χ1) is 10.8. The summed E-state index contributed by atoms with van der Waals surface area (Å²) in [4.78, 5) is 4.37. The average Bonchev–Trinajstić information content (AvgIpc) is 2.97. The van der Waals surface area contributed by atoms with Crippen molar-refractivity contribution in [2.75, 3.05) is 5.32 Å². The fourth-order valence-electron chi connectivity index (χ4n) is 2.74. The van der Waals surface area contributed by atoms with Gasteiger partial charge in [-0.05, 0) is 43.4 Å². The number of hydrogen-bond donors (Lipinski definition) is 2. The predicted molar refractivity (Wildman–Crippen MR) is 87.9 cm³/mol. The van der Waals surface area contributed by atoms with E-state index in [1.807, 2.05) is 12.1 Å². The standard InChI is InChI=1S/C17H22N4O/c1-2-12-7-9-13(10-8-12)20-17(18)19-11-15-14-5-3-4-6-16(14)22-21-15/h7-10H,2-6,11H2,1H3,(H3,18,19,20). The SMILES string of the molecule is CCc1ccc(NC(N)=NCc2noc3c2CCCC3)cc1. The fraction of sp³-hybridized carbons (Fsp3) is 0.412. The van der Waals surface area contributed by atoms with E-state index in [2.05, 4.69) is 34.5 Å². The number of guanidine groups is 1. The second kappa shape index (κ2) is 6.64. The van der Waals surface area contributed by atoms with E-state index in [0.717, 1.165) is 36.4 Å². The van der Waals surface area contributed by atoms with Gasteiger partial charge >= 0.3 is 0 Å². The molecule has 0 bridgehead atoms. The van der Waals surface area contributed by atoms with Crippen molar-refractivity contribution in [1.82, 2.24) is 5.16 Å². The second-order valence-corrected chi connectivity index (χ2v) is 5.62. The number of benzene rings is 1. The van der Waals surface area contributed by atoms with Crippen molar-refractivity contribution < 1.29 is 4.52 Å². The first kappa shape index (κ1) is 14.6. The Bertz CT molecular complexity index is 658. The van der Waals surface area contributed by atoms with Gasteiger partial charge in [0.05, 0.1) is 6.54 Å². The molecule has 1 aliphatic carbocycles. The number of aryl methyl sites for hydroxylation is 2. The molecule has 1 aromatic carbocycles. The van der Waals surface area contributed by atoms with Crippen LogP contribution in [0.5, 0.6) is 0 Å². The Morgan fingerprint density at radius 2 is 2.05 bits per heavy atom. The Balaban J connectivity index is 1.63. The van der Waals surface area contributed by atoms with Crippen LogP contribution in [-0.2, 0) is 25.8 Å². The van der Waals surface area contributed by atoms with Gasteiger partial charge in [-0.1, -0.05) is 24.2 Å². The highest BCUT2D eigenvalue weighted by atomic mass is 16.5. The molecule has 116 valence electrons. The van der Waals surface area contributed by atoms with Crippen molar-refractivity contribution in [2.24, 2.45) is 10.7 Å². The monoisotopic (exact) mass is 298 g/mol. The summed E-state index contributed by atoms with van der Waals surface area (Å²) in [5.41, 5.74) is 10.3. The number of aromatic nitrogens is 1. The van der Waals surface area contributed by atoms with Crippen LogP contribution < -0.4 is 11.1 Å². The smallest absolute Gasteiger partial charge is 0.193 e. The fourth-order valence-corrected chi connectivity index (χ4v) is 2.74. The van der Waals surface area contributed by atoms with Crippen LogP contribution >= 0.6 is 0 Å². The maximum atomic E-state index is 5.95. The Kier molecular flexibility index (Phi) is 4.42. The number of nitrogens with two attached hydrogens (primary N) is 1. The van der Waals surface area contributed by atoms with Gasteiger partial charge in [0.25, 0.3) is 0 Å². The lowest BCUT2D eigenvalue weighted by atomic mass is 9.96. The number of nitrogens with one attached hydrogen (secondary N) is 1. The zero-order chi connectivity index (χ0) is 15.4. The van der Waals surface area contributed by atoms with Gasteiger partial charge in [-0.2, -0.15) is 0 Å². The van der Waals surface area contributed by atoms with Crippen LogP contribution in [0.2, 0.25) is 0 Å². The maximum Gasteiger partial charge on any atom is 0.193 e. The zero-order valence-electron chi connectivity index (χ0n) is 12.9. The van der Waals surface area contributed by atoms with Crippen molar-refractivity contribution in [2.45, 2.75) is 45.6 Å². The summed E-state index contributed by atoms with van der Waals surface area (Å²) in [5.74, 6) is 1.43. The number of hydrogen-bond acceptors (Lipinski definition) is 3. The predicted octanol–water partition coefficient (Wildman–Crippen LogP) is 3.04. The summed E-state index contributed by atoms with van der Waals surface area (Å²) >= 11 is 0. The molecule has 1 aliphatic rings. The Morgan fingerprint density at radius 3 is 2.82 bits per heavy atom. The number of rotatable bonds is 4. The quantitative estimate of drug-likeness (QED) is 0.672. The van der Waals surface area contributed by atoms with E-state index in [9.17, 15) is 0 Å². The summed E-state index contributed by atoms with van der Waals surface area (Å²) in [5, 5.41) is 7.24. The highest BCUT2D eigenvalue weighted by molar-refractivity contribution is 5.92. The largest absolute Gasteiger partial charge is 0.370 e. The molecule has 0 atom stereocenters. The molecule has 3 rings (SSSR count). The molecule has 0 aliphatic heterocycles. The van der Waals surface area contributed by atoms with Crippen LogP contribution in [0.25, 0.3) is 0 Å². The molecule has 0 radical (unpaired) electrons. The van der Waals surface area contributed by atoms with Crippen molar-refractivity contribution in [3.05, 3.63) is 46.8 Å². The van der Waals surface area contributed by atoms with Crippen LogP contribution in [0.4, 0.5) is 5.69 Å². The van der Waals surface area contributed by atoms with Crippen molar-refractivity contribution in [1.29, 1.82) is 0 Å². The van der Waals surface area contributed by atoms with Gasteiger partial charge in [0.15, 0.2) is 5.96 Å². The number of nitrogens with zero attached hydrogens (tertiary/aromatic N) is 2. The molecule has 0 fully saturated rings. The number of anilines is 1. The van der Waals surface area contributed by atoms with Gasteiger partial charge in [0, 0.05) is 17.7 Å². The highest BCUT2D eigenvalue weighted by Gasteiger charge is 2.18. The molecular formula is C17H22N4O. The van der Waals surface area contributed by atoms with Crippen LogP contribution in [-0.4, -0.2) is 11.1 Å². The van der Waals surface area contributed by atoms with Crippen molar-refractivity contribution in [3.8, 4) is 0 Å². The van der Waals surface area contributed by atoms with E-state index in [-0.39, 0.29) is 0 Å². The molecule has 0 saturated carbocycles. The average molecular weight is 298 g/mol. The lowest BCUT2D eigenvalue weighted by Crippen LogP contribution is -2.22. The van der Waals surface area contributed by atoms with Gasteiger partial charge in [0.2, 0.25) is 0 Å². The molecule has 3 N–H and O–H groups in total. The molecule has 5 heteroatoms. The maximum absolute atomic E-state index is 5.95. The van der Waals surface area contributed by atoms with Gasteiger partial charge in [-0.25, -0.2) is 4.99 Å². The van der Waals surface area contributed by atoms with E-state index in [1.165, 1.54) is 24.0 Å². The van der Waals surface area contributed by atoms with Gasteiger partial charge in [0.1, 0.15) is 11.5 Å². The van der Waals surface area contributed by atoms with Gasteiger partial charge in [-0.3, -0.25) is 0 Å². The summed E-state index contributed by atoms with van der Waals surface area (Å²) in [6, 6.07) is 8.20. The molecule has 0 spiro atoms. The normalized spacial score (nSPS) is 14.7. The molecule has 22 heavy (non-hydrogen) atoms. The first-order valence-electron chi connectivity index (χ1n) is 7.88. The number of aliphatic imine (C=N–C) groups is 1. The lowest BCUT2D eigenvalue weighted by molar-refractivity contribution is 0.368. The summed E-state index contributed by atoms with van der Waals surface area (Å²) in [6.07, 6.45) is 5.44. The van der Waals surface area contributed by atoms with E-state index >= 15 is 0 Å². The van der Waals surface area contributed by atoms with E-state index in [0.29, 0.717) is 12.5 Å². The Labute approximate surface area is 130 Å². The summed E-state index contributed by atoms with van der Waals surface area (Å²) < 4.78 is 5.38. The molecule has 2 aromatic rings. The molecule has 0 amide bonds. The van der Waals surface area contributed by atoms with Crippen molar-refractivity contribution >= 4 is 11.6 Å². The molecule has 1 aromatic heterocycles. The van der Waals surface area contributed by atoms with Crippen LogP contribution in [0.1, 0.15) is 42.3 Å². The third-order valence-corrected chi connectivity index (χ3v) is 4.07. The van der Waals surface area contributed by atoms with Crippen LogP contribution in [0.3, 0.4) is 0 Å². The molecule has 5 nitrogen and oxygen atoms in total. The van der Waals surface area contributed by atoms with Crippen LogP contribution in [0, 0.1) is 0 Å². The third-order valence-electron chi connectivity index (χ3n) is 4.07. The minimum absolute atomic E-state index is 0.400. The zero-order valence-corrected chi connectivity index (χ0v) is 12.9. The summed E-state index contributed by atoms with van der Waals surface area (Å²) in [6.45, 7) is 2.60. The van der Waals surface area contributed by atoms with E-state index < -0.39 is 0 Å². The minimum Gasteiger partial charge on any atom is -0.370 e. The van der Waals surface area contributed by atoms with Crippen LogP contribution in [0.15, 0.2) is 33.8 Å². The molecular weight excluding hydrogens is 276 g/mol. The Morgan fingerprint density at radius 1 is 1.27 bits per heavy atom. The van der Waals surface area contributed by atoms with E-state index in [4.69, 9.17) is 10.3 Å². The van der Waals surface area contributed by atoms with E-state index in [1.54, 1.807) is 0 Å². The third kappa shape index (κ3) is 3.30. The van der Waals surface area contributed by atoms with Gasteiger partial charge in [-0.15, -0.1) is 0 Å². The molecule has 1 heterocycles. The van der Waals surface area contributed by atoms with Crippen molar-refractivity contribution in [3.63, 3.8) is 0 Å². The first-order valence-corrected chi connectivity index (χ1v) is 7.88. The minimum atomic E-state index is 0.400. The topological polar surface area (TPSA) is 76.4 Å². The molecule has 0 saturated heterocycles.